The van der Waals surface area contributed by atoms with E-state index in [-0.39, 0.29) is 0 Å². The highest BCUT2D eigenvalue weighted by atomic mass is 32.2. The number of benzene rings is 2. The van der Waals surface area contributed by atoms with Gasteiger partial charge in [-0.1, -0.05) is 42.2 Å². The summed E-state index contributed by atoms with van der Waals surface area (Å²) in [7, 11) is 0. The highest BCUT2D eigenvalue weighted by molar-refractivity contribution is 7.99. The van der Waals surface area contributed by atoms with E-state index in [4.69, 9.17) is 18.0 Å². The third kappa shape index (κ3) is 3.16. The van der Waals surface area contributed by atoms with Crippen LogP contribution in [0.5, 0.6) is 0 Å². The Morgan fingerprint density at radius 3 is 2.60 bits per heavy atom. The molecule has 4 rings (SSSR count). The summed E-state index contributed by atoms with van der Waals surface area (Å²) in [5.41, 5.74) is 9.47. The first-order chi connectivity index (χ1) is 12.1. The zero-order chi connectivity index (χ0) is 17.4. The molecule has 0 aliphatic carbocycles. The Balaban J connectivity index is 1.80. The number of nitrogens with two attached hydrogens (primary N) is 1. The lowest BCUT2D eigenvalue weighted by Crippen LogP contribution is -2.40. The summed E-state index contributed by atoms with van der Waals surface area (Å²) in [5, 5.41) is 0. The second kappa shape index (κ2) is 6.98. The van der Waals surface area contributed by atoms with Gasteiger partial charge in [0.25, 0.3) is 0 Å². The topological polar surface area (TPSA) is 32.5 Å². The molecule has 0 amide bonds. The molecule has 2 N–H and O–H groups in total. The minimum absolute atomic E-state index is 0.356. The molecule has 1 saturated heterocycles. The molecule has 130 valence electrons. The zero-order valence-electron chi connectivity index (χ0n) is 14.4. The maximum absolute atomic E-state index is 6.07. The smallest absolute Gasteiger partial charge is 0.106 e. The van der Waals surface area contributed by atoms with Crippen molar-refractivity contribution in [1.29, 1.82) is 0 Å². The molecule has 0 aromatic heterocycles. The van der Waals surface area contributed by atoms with E-state index in [0.29, 0.717) is 11.0 Å². The lowest BCUT2D eigenvalue weighted by Gasteiger charge is -2.39. The number of anilines is 2. The van der Waals surface area contributed by atoms with E-state index in [1.807, 2.05) is 17.8 Å². The molecule has 2 aliphatic heterocycles. The van der Waals surface area contributed by atoms with Crippen LogP contribution >= 0.6 is 24.0 Å². The summed E-state index contributed by atoms with van der Waals surface area (Å²) >= 11 is 7.17. The molecular weight excluding hydrogens is 346 g/mol. The molecule has 0 radical (unpaired) electrons. The van der Waals surface area contributed by atoms with Crippen molar-refractivity contribution in [2.45, 2.75) is 35.6 Å². The van der Waals surface area contributed by atoms with Crippen LogP contribution in [0.2, 0.25) is 0 Å². The van der Waals surface area contributed by atoms with E-state index >= 15 is 0 Å². The van der Waals surface area contributed by atoms with E-state index in [2.05, 4.69) is 53.1 Å². The Bertz CT molecular complexity index is 799. The molecule has 5 heteroatoms. The monoisotopic (exact) mass is 369 g/mol. The molecule has 1 atom stereocenters. The first-order valence-corrected chi connectivity index (χ1v) is 10.1. The standard InChI is InChI=1S/C20H23N3S2/c1-14(13-22-11-4-5-12-22)23-16-8-2-3-9-17(16)25-18-10-6-7-15(19(18)23)20(21)24/h2-3,6-10,14H,4-5,11-13H2,1H3,(H2,21,24). The summed E-state index contributed by atoms with van der Waals surface area (Å²) < 4.78 is 0. The van der Waals surface area contributed by atoms with Gasteiger partial charge in [-0.05, 0) is 57.1 Å². The third-order valence-corrected chi connectivity index (χ3v) is 6.35. The molecule has 1 unspecified atom stereocenters. The van der Waals surface area contributed by atoms with Crippen molar-refractivity contribution in [1.82, 2.24) is 4.90 Å². The van der Waals surface area contributed by atoms with Gasteiger partial charge in [0.05, 0.1) is 11.4 Å². The number of likely N-dealkylation sites (tertiary alicyclic amines) is 1. The van der Waals surface area contributed by atoms with E-state index in [1.54, 1.807) is 0 Å². The molecule has 1 fully saturated rings. The first-order valence-electron chi connectivity index (χ1n) is 8.86. The maximum atomic E-state index is 6.07. The van der Waals surface area contributed by atoms with Gasteiger partial charge in [0.2, 0.25) is 0 Å². The van der Waals surface area contributed by atoms with Gasteiger partial charge in [-0.3, -0.25) is 0 Å². The minimum Gasteiger partial charge on any atom is -0.389 e. The summed E-state index contributed by atoms with van der Waals surface area (Å²) in [5.74, 6) is 0. The van der Waals surface area contributed by atoms with Gasteiger partial charge in [0, 0.05) is 27.9 Å². The molecule has 0 saturated carbocycles. The van der Waals surface area contributed by atoms with Gasteiger partial charge in [-0.2, -0.15) is 0 Å². The van der Waals surface area contributed by atoms with Crippen molar-refractivity contribution >= 4 is 40.3 Å². The lowest BCUT2D eigenvalue weighted by molar-refractivity contribution is 0.319. The average molecular weight is 370 g/mol. The van der Waals surface area contributed by atoms with Gasteiger partial charge >= 0.3 is 0 Å². The fourth-order valence-electron chi connectivity index (χ4n) is 3.91. The van der Waals surface area contributed by atoms with Crippen LogP contribution in [0.4, 0.5) is 11.4 Å². The van der Waals surface area contributed by atoms with E-state index in [1.165, 1.54) is 47.1 Å². The maximum Gasteiger partial charge on any atom is 0.106 e. The number of rotatable bonds is 4. The quantitative estimate of drug-likeness (QED) is 0.807. The molecule has 2 aromatic carbocycles. The van der Waals surface area contributed by atoms with Crippen LogP contribution in [0.15, 0.2) is 52.3 Å². The van der Waals surface area contributed by atoms with Crippen molar-refractivity contribution < 1.29 is 0 Å². The highest BCUT2D eigenvalue weighted by Gasteiger charge is 2.30. The fourth-order valence-corrected chi connectivity index (χ4v) is 5.18. The molecule has 2 heterocycles. The van der Waals surface area contributed by atoms with Crippen molar-refractivity contribution in [3.8, 4) is 0 Å². The first kappa shape index (κ1) is 16.9. The van der Waals surface area contributed by atoms with E-state index < -0.39 is 0 Å². The van der Waals surface area contributed by atoms with Crippen molar-refractivity contribution in [3.63, 3.8) is 0 Å². The molecule has 0 bridgehead atoms. The summed E-state index contributed by atoms with van der Waals surface area (Å²) in [6.45, 7) is 5.78. The molecule has 0 spiro atoms. The Kier molecular flexibility index (Phi) is 4.71. The van der Waals surface area contributed by atoms with Crippen LogP contribution in [0.3, 0.4) is 0 Å². The van der Waals surface area contributed by atoms with E-state index in [0.717, 1.165) is 12.1 Å². The predicted molar refractivity (Wildman–Crippen MR) is 110 cm³/mol. The highest BCUT2D eigenvalue weighted by Crippen LogP contribution is 2.50. The average Bonchev–Trinajstić information content (AvgIpc) is 3.11. The van der Waals surface area contributed by atoms with Crippen LogP contribution in [0.25, 0.3) is 0 Å². The van der Waals surface area contributed by atoms with Gasteiger partial charge in [0.1, 0.15) is 4.99 Å². The van der Waals surface area contributed by atoms with Gasteiger partial charge in [-0.25, -0.2) is 0 Å². The fraction of sp³-hybridized carbons (Fsp3) is 0.350. The number of nitrogens with zero attached hydrogens (tertiary/aromatic N) is 2. The van der Waals surface area contributed by atoms with Crippen LogP contribution in [-0.4, -0.2) is 35.6 Å². The second-order valence-corrected chi connectivity index (χ2v) is 8.34. The lowest BCUT2D eigenvalue weighted by atomic mass is 10.1. The Hall–Kier alpha value is -1.56. The molecular formula is C20H23N3S2. The van der Waals surface area contributed by atoms with Crippen LogP contribution in [-0.2, 0) is 0 Å². The number of thiocarbonyl (C=S) groups is 1. The van der Waals surface area contributed by atoms with Gasteiger partial charge in [-0.15, -0.1) is 0 Å². The van der Waals surface area contributed by atoms with Crippen LogP contribution in [0, 0.1) is 0 Å². The summed E-state index contributed by atoms with van der Waals surface area (Å²) in [6, 6.07) is 15.3. The number of fused-ring (bicyclic) bond motifs is 2. The molecule has 2 aromatic rings. The van der Waals surface area contributed by atoms with Crippen molar-refractivity contribution in [2.24, 2.45) is 5.73 Å². The third-order valence-electron chi connectivity index (χ3n) is 5.01. The van der Waals surface area contributed by atoms with Gasteiger partial charge < -0.3 is 15.5 Å². The minimum atomic E-state index is 0.356. The number of para-hydroxylation sites is 2. The normalized spacial score (nSPS) is 17.9. The summed E-state index contributed by atoms with van der Waals surface area (Å²) in [4.78, 5) is 8.02. The molecule has 3 nitrogen and oxygen atoms in total. The molecule has 2 aliphatic rings. The number of hydrogen-bond donors (Lipinski definition) is 1. The Labute approximate surface area is 159 Å². The molecule has 25 heavy (non-hydrogen) atoms. The number of hydrogen-bond acceptors (Lipinski definition) is 4. The van der Waals surface area contributed by atoms with Crippen molar-refractivity contribution in [3.05, 3.63) is 48.0 Å². The largest absolute Gasteiger partial charge is 0.389 e. The second-order valence-electron chi connectivity index (χ2n) is 6.81. The van der Waals surface area contributed by atoms with E-state index in [9.17, 15) is 0 Å². The zero-order valence-corrected chi connectivity index (χ0v) is 16.1. The summed E-state index contributed by atoms with van der Waals surface area (Å²) in [6.07, 6.45) is 2.63. The van der Waals surface area contributed by atoms with Crippen LogP contribution < -0.4 is 10.6 Å². The predicted octanol–water partition coefficient (Wildman–Crippen LogP) is 4.41. The van der Waals surface area contributed by atoms with Crippen LogP contribution in [0.1, 0.15) is 25.3 Å². The SMILES string of the molecule is CC(CN1CCCC1)N1c2ccccc2Sc2cccc(C(N)=S)c21. The van der Waals surface area contributed by atoms with Crippen molar-refractivity contribution in [2.75, 3.05) is 24.5 Å². The Morgan fingerprint density at radius 2 is 1.84 bits per heavy atom. The Morgan fingerprint density at radius 1 is 1.12 bits per heavy atom. The van der Waals surface area contributed by atoms with Gasteiger partial charge in [0.15, 0.2) is 0 Å².